The van der Waals surface area contributed by atoms with E-state index in [0.29, 0.717) is 27.6 Å². The first-order valence-corrected chi connectivity index (χ1v) is 13.6. The zero-order chi connectivity index (χ0) is 27.8. The van der Waals surface area contributed by atoms with Gasteiger partial charge < -0.3 is 19.5 Å². The minimum atomic E-state index is -0.822. The second kappa shape index (κ2) is 13.1. The van der Waals surface area contributed by atoms with E-state index in [9.17, 15) is 14.4 Å². The maximum atomic E-state index is 13.0. The number of ether oxygens (including phenoxy) is 3. The zero-order valence-corrected chi connectivity index (χ0v) is 22.9. The molecule has 39 heavy (non-hydrogen) atoms. The summed E-state index contributed by atoms with van der Waals surface area (Å²) in [6.07, 6.45) is 4.47. The minimum Gasteiger partial charge on any atom is -0.497 e. The lowest BCUT2D eigenvalue weighted by Crippen LogP contribution is -2.33. The van der Waals surface area contributed by atoms with Crippen LogP contribution in [0.15, 0.2) is 53.6 Å². The lowest BCUT2D eigenvalue weighted by atomic mass is 9.95. The normalized spacial score (nSPS) is 13.3. The second-order valence-corrected chi connectivity index (χ2v) is 9.99. The molecule has 9 nitrogen and oxygen atoms in total. The van der Waals surface area contributed by atoms with Gasteiger partial charge in [0.25, 0.3) is 11.8 Å². The van der Waals surface area contributed by atoms with Crippen molar-refractivity contribution in [2.24, 2.45) is 5.10 Å². The van der Waals surface area contributed by atoms with Crippen LogP contribution in [-0.2, 0) is 22.4 Å². The zero-order valence-electron chi connectivity index (χ0n) is 22.1. The molecule has 0 saturated heterocycles. The predicted molar refractivity (Wildman–Crippen MR) is 150 cm³/mol. The van der Waals surface area contributed by atoms with Crippen LogP contribution in [0.1, 0.15) is 63.4 Å². The molecule has 10 heteroatoms. The number of benzene rings is 2. The molecule has 1 aliphatic rings. The number of hydrazone groups is 1. The van der Waals surface area contributed by atoms with Crippen LogP contribution >= 0.6 is 11.3 Å². The summed E-state index contributed by atoms with van der Waals surface area (Å²) in [6.45, 7) is 3.63. The number of thiophene rings is 1. The predicted octanol–water partition coefficient (Wildman–Crippen LogP) is 4.98. The highest BCUT2D eigenvalue weighted by molar-refractivity contribution is 7.17. The molecular weight excluding hydrogens is 518 g/mol. The Balaban J connectivity index is 1.35. The number of amides is 2. The molecule has 3 aromatic rings. The number of aryl methyl sites for hydroxylation is 1. The van der Waals surface area contributed by atoms with Crippen LogP contribution in [0, 0.1) is 0 Å². The summed E-state index contributed by atoms with van der Waals surface area (Å²) in [5.41, 5.74) is 5.08. The highest BCUT2D eigenvalue weighted by Crippen LogP contribution is 2.38. The molecule has 0 bridgehead atoms. The SMILES string of the molecule is CCOC(=O)c1c(NC(=O)c2ccc(OC(C)C(=O)NN=Cc3cccc(OC)c3)cc2)sc2c1CCCC2. The van der Waals surface area contributed by atoms with Crippen LogP contribution in [-0.4, -0.2) is 43.8 Å². The van der Waals surface area contributed by atoms with Crippen molar-refractivity contribution in [3.8, 4) is 11.5 Å². The Hall–Kier alpha value is -4.18. The topological polar surface area (TPSA) is 115 Å². The molecule has 1 unspecified atom stereocenters. The van der Waals surface area contributed by atoms with Gasteiger partial charge in [0, 0.05) is 10.4 Å². The van der Waals surface area contributed by atoms with Gasteiger partial charge in [0.05, 0.1) is 25.5 Å². The number of nitrogens with one attached hydrogen (secondary N) is 2. The molecule has 0 spiro atoms. The third kappa shape index (κ3) is 7.02. The standard InChI is InChI=1S/C29H31N3O6S/c1-4-37-29(35)25-23-10-5-6-11-24(23)39-28(25)31-27(34)20-12-14-21(15-13-20)38-18(2)26(33)32-30-17-19-8-7-9-22(16-19)36-3/h7-9,12-18H,4-6,10-11H2,1-3H3,(H,31,34)(H,32,33). The Morgan fingerprint density at radius 2 is 1.85 bits per heavy atom. The van der Waals surface area contributed by atoms with E-state index in [4.69, 9.17) is 14.2 Å². The summed E-state index contributed by atoms with van der Waals surface area (Å²) in [5.74, 6) is -0.0682. The number of hydrogen-bond acceptors (Lipinski definition) is 8. The van der Waals surface area contributed by atoms with Gasteiger partial charge in [0.15, 0.2) is 6.10 Å². The lowest BCUT2D eigenvalue weighted by molar-refractivity contribution is -0.127. The highest BCUT2D eigenvalue weighted by Gasteiger charge is 2.27. The minimum absolute atomic E-state index is 0.267. The van der Waals surface area contributed by atoms with Crippen molar-refractivity contribution in [3.63, 3.8) is 0 Å². The molecule has 0 fully saturated rings. The summed E-state index contributed by atoms with van der Waals surface area (Å²) in [4.78, 5) is 39.2. The molecule has 1 heterocycles. The third-order valence-corrected chi connectivity index (χ3v) is 7.37. The van der Waals surface area contributed by atoms with Gasteiger partial charge in [-0.2, -0.15) is 5.10 Å². The number of hydrogen-bond donors (Lipinski definition) is 2. The first-order chi connectivity index (χ1) is 18.9. The van der Waals surface area contributed by atoms with Crippen molar-refractivity contribution in [1.82, 2.24) is 5.43 Å². The van der Waals surface area contributed by atoms with E-state index in [0.717, 1.165) is 41.7 Å². The van der Waals surface area contributed by atoms with Gasteiger partial charge in [-0.15, -0.1) is 11.3 Å². The quantitative estimate of drug-likeness (QED) is 0.209. The monoisotopic (exact) mass is 549 g/mol. The van der Waals surface area contributed by atoms with Crippen LogP contribution in [0.3, 0.4) is 0 Å². The summed E-state index contributed by atoms with van der Waals surface area (Å²) < 4.78 is 16.1. The Kier molecular flexibility index (Phi) is 9.32. The first kappa shape index (κ1) is 27.8. The molecule has 2 amide bonds. The molecule has 1 aromatic heterocycles. The highest BCUT2D eigenvalue weighted by atomic mass is 32.1. The number of anilines is 1. The number of methoxy groups -OCH3 is 1. The molecule has 2 N–H and O–H groups in total. The first-order valence-electron chi connectivity index (χ1n) is 12.8. The molecular formula is C29H31N3O6S. The molecule has 1 atom stereocenters. The average Bonchev–Trinajstić information content (AvgIpc) is 3.31. The van der Waals surface area contributed by atoms with Crippen molar-refractivity contribution in [2.45, 2.75) is 45.6 Å². The van der Waals surface area contributed by atoms with Crippen LogP contribution < -0.4 is 20.2 Å². The summed E-state index contributed by atoms with van der Waals surface area (Å²) >= 11 is 1.44. The third-order valence-electron chi connectivity index (χ3n) is 6.16. The Labute approximate surface area is 231 Å². The van der Waals surface area contributed by atoms with E-state index in [1.807, 2.05) is 18.2 Å². The van der Waals surface area contributed by atoms with Crippen LogP contribution in [0.5, 0.6) is 11.5 Å². The average molecular weight is 550 g/mol. The largest absolute Gasteiger partial charge is 0.497 e. The van der Waals surface area contributed by atoms with Gasteiger partial charge in [0.1, 0.15) is 16.5 Å². The van der Waals surface area contributed by atoms with Gasteiger partial charge in [-0.05, 0) is 87.1 Å². The van der Waals surface area contributed by atoms with Crippen LogP contribution in [0.4, 0.5) is 5.00 Å². The van der Waals surface area contributed by atoms with Gasteiger partial charge in [-0.1, -0.05) is 12.1 Å². The van der Waals surface area contributed by atoms with Crippen LogP contribution in [0.25, 0.3) is 0 Å². The van der Waals surface area contributed by atoms with Crippen molar-refractivity contribution in [2.75, 3.05) is 19.0 Å². The number of carbonyl (C=O) groups excluding carboxylic acids is 3. The fourth-order valence-corrected chi connectivity index (χ4v) is 5.45. The molecule has 2 aromatic carbocycles. The van der Waals surface area contributed by atoms with E-state index in [1.165, 1.54) is 17.6 Å². The number of nitrogens with zero attached hydrogens (tertiary/aromatic N) is 1. The summed E-state index contributed by atoms with van der Waals surface area (Å²) in [7, 11) is 1.58. The lowest BCUT2D eigenvalue weighted by Gasteiger charge is -2.13. The van der Waals surface area contributed by atoms with Crippen molar-refractivity contribution >= 4 is 40.3 Å². The van der Waals surface area contributed by atoms with Gasteiger partial charge in [0.2, 0.25) is 0 Å². The molecule has 0 saturated carbocycles. The van der Waals surface area contributed by atoms with E-state index in [1.54, 1.807) is 51.3 Å². The number of esters is 1. The van der Waals surface area contributed by atoms with E-state index >= 15 is 0 Å². The summed E-state index contributed by atoms with van der Waals surface area (Å²) in [5, 5.41) is 7.38. The fraction of sp³-hybridized carbons (Fsp3) is 0.310. The van der Waals surface area contributed by atoms with E-state index in [-0.39, 0.29) is 12.5 Å². The molecule has 204 valence electrons. The summed E-state index contributed by atoms with van der Waals surface area (Å²) in [6, 6.07) is 13.7. The van der Waals surface area contributed by atoms with Gasteiger partial charge in [-0.25, -0.2) is 10.2 Å². The van der Waals surface area contributed by atoms with E-state index < -0.39 is 18.0 Å². The van der Waals surface area contributed by atoms with Crippen molar-refractivity contribution < 1.29 is 28.6 Å². The molecule has 4 rings (SSSR count). The fourth-order valence-electron chi connectivity index (χ4n) is 4.17. The Morgan fingerprint density at radius 1 is 1.08 bits per heavy atom. The van der Waals surface area contributed by atoms with Gasteiger partial charge >= 0.3 is 5.97 Å². The van der Waals surface area contributed by atoms with Gasteiger partial charge in [-0.3, -0.25) is 9.59 Å². The maximum absolute atomic E-state index is 13.0. The Bertz CT molecular complexity index is 1370. The number of carbonyl (C=O) groups is 3. The van der Waals surface area contributed by atoms with E-state index in [2.05, 4.69) is 15.8 Å². The maximum Gasteiger partial charge on any atom is 0.341 e. The second-order valence-electron chi connectivity index (χ2n) is 8.88. The number of fused-ring (bicyclic) bond motifs is 1. The number of rotatable bonds is 10. The molecule has 0 radical (unpaired) electrons. The van der Waals surface area contributed by atoms with Crippen molar-refractivity contribution in [1.29, 1.82) is 0 Å². The Morgan fingerprint density at radius 3 is 2.59 bits per heavy atom. The van der Waals surface area contributed by atoms with Crippen LogP contribution in [0.2, 0.25) is 0 Å². The van der Waals surface area contributed by atoms with Crippen molar-refractivity contribution in [3.05, 3.63) is 75.7 Å². The smallest absolute Gasteiger partial charge is 0.341 e. The molecule has 1 aliphatic carbocycles. The molecule has 0 aliphatic heterocycles.